The highest BCUT2D eigenvalue weighted by atomic mass is 15.1. The van der Waals surface area contributed by atoms with Gasteiger partial charge in [0.15, 0.2) is 0 Å². The Kier molecular flexibility index (Phi) is 8.05. The summed E-state index contributed by atoms with van der Waals surface area (Å²) in [6.07, 6.45) is 0. The van der Waals surface area contributed by atoms with Crippen molar-refractivity contribution in [2.75, 3.05) is 4.90 Å². The molecule has 1 aliphatic rings. The Bertz CT molecular complexity index is 2490. The van der Waals surface area contributed by atoms with E-state index in [2.05, 4.69) is 223 Å². The summed E-state index contributed by atoms with van der Waals surface area (Å²) in [5.41, 5.74) is 14.4. The fraction of sp³-hybridized carbons (Fsp3) is 0.0196. The largest absolute Gasteiger partial charge is 0.310 e. The first kappa shape index (κ1) is 31.1. The van der Waals surface area contributed by atoms with Crippen molar-refractivity contribution < 1.29 is 0 Å². The van der Waals surface area contributed by atoms with Crippen LogP contribution in [0.4, 0.5) is 17.1 Å². The van der Waals surface area contributed by atoms with Gasteiger partial charge in [0.25, 0.3) is 0 Å². The second-order valence-electron chi connectivity index (χ2n) is 13.2. The van der Waals surface area contributed by atoms with Crippen LogP contribution in [0.15, 0.2) is 212 Å². The number of benzene rings is 8. The fourth-order valence-corrected chi connectivity index (χ4v) is 7.61. The summed E-state index contributed by atoms with van der Waals surface area (Å²) in [6, 6.07) is 75.7. The Morgan fingerprint density at radius 3 is 1.40 bits per heavy atom. The van der Waals surface area contributed by atoms with Gasteiger partial charge in [-0.25, -0.2) is 0 Å². The maximum Gasteiger partial charge on any atom is 0.108 e. The lowest BCUT2D eigenvalue weighted by atomic mass is 9.72. The maximum atomic E-state index is 3.90. The van der Waals surface area contributed by atoms with Gasteiger partial charge in [0, 0.05) is 22.6 Å². The molecule has 0 N–H and O–H groups in total. The minimum atomic E-state index is -0.702. The fourth-order valence-electron chi connectivity index (χ4n) is 7.61. The average Bonchev–Trinajstić information content (AvgIpc) is 3.51. The summed E-state index contributed by atoms with van der Waals surface area (Å²) in [5, 5.41) is 0. The molecule has 244 valence electrons. The highest BCUT2D eigenvalue weighted by Crippen LogP contribution is 2.54. The van der Waals surface area contributed by atoms with E-state index in [1.807, 2.05) is 6.07 Å². The standard InChI is InChI=1S/C51H35N/c1-5-15-38(16-6-1)35-36-51(43-31-29-42(30-32-43)41-27-25-40(26-28-41)39-17-7-2-8-18-39)49-24-14-13-23-47(49)48-34-33-46(37-50(48)51)52(44-19-9-3-10-20-44)45-21-11-4-12-22-45/h1-34,37H. The number of rotatable bonds is 6. The van der Waals surface area contributed by atoms with Crippen LogP contribution in [0.25, 0.3) is 33.4 Å². The Balaban J connectivity index is 1.22. The summed E-state index contributed by atoms with van der Waals surface area (Å²) in [6.45, 7) is 0. The van der Waals surface area contributed by atoms with Gasteiger partial charge >= 0.3 is 0 Å². The average molecular weight is 662 g/mol. The summed E-state index contributed by atoms with van der Waals surface area (Å²) in [5.74, 6) is 7.53. The van der Waals surface area contributed by atoms with E-state index in [0.717, 1.165) is 28.2 Å². The zero-order valence-corrected chi connectivity index (χ0v) is 28.7. The molecule has 1 unspecified atom stereocenters. The first-order valence-electron chi connectivity index (χ1n) is 17.8. The van der Waals surface area contributed by atoms with E-state index in [1.165, 1.54) is 44.5 Å². The van der Waals surface area contributed by atoms with Gasteiger partial charge in [-0.05, 0) is 98.6 Å². The van der Waals surface area contributed by atoms with E-state index in [9.17, 15) is 0 Å². The second-order valence-corrected chi connectivity index (χ2v) is 13.2. The van der Waals surface area contributed by atoms with E-state index in [1.54, 1.807) is 0 Å². The van der Waals surface area contributed by atoms with Gasteiger partial charge in [0.1, 0.15) is 5.41 Å². The van der Waals surface area contributed by atoms with Crippen molar-refractivity contribution in [2.45, 2.75) is 5.41 Å². The van der Waals surface area contributed by atoms with Gasteiger partial charge in [0.2, 0.25) is 0 Å². The van der Waals surface area contributed by atoms with Crippen molar-refractivity contribution in [1.82, 2.24) is 0 Å². The van der Waals surface area contributed by atoms with Gasteiger partial charge in [-0.15, -0.1) is 0 Å². The normalized spacial score (nSPS) is 14.1. The smallest absolute Gasteiger partial charge is 0.108 e. The highest BCUT2D eigenvalue weighted by molar-refractivity contribution is 5.89. The summed E-state index contributed by atoms with van der Waals surface area (Å²) in [7, 11) is 0. The van der Waals surface area contributed by atoms with Crippen LogP contribution in [0, 0.1) is 11.8 Å². The summed E-state index contributed by atoms with van der Waals surface area (Å²) < 4.78 is 0. The Morgan fingerprint density at radius 1 is 0.346 bits per heavy atom. The van der Waals surface area contributed by atoms with Crippen molar-refractivity contribution in [1.29, 1.82) is 0 Å². The third kappa shape index (κ3) is 5.58. The van der Waals surface area contributed by atoms with Crippen LogP contribution in [-0.2, 0) is 5.41 Å². The van der Waals surface area contributed by atoms with Gasteiger partial charge in [-0.3, -0.25) is 0 Å². The minimum Gasteiger partial charge on any atom is -0.310 e. The molecule has 0 saturated heterocycles. The number of hydrogen-bond donors (Lipinski definition) is 0. The molecule has 0 bridgehead atoms. The van der Waals surface area contributed by atoms with E-state index in [-0.39, 0.29) is 0 Å². The van der Waals surface area contributed by atoms with Crippen LogP contribution >= 0.6 is 0 Å². The molecular formula is C51H35N. The third-order valence-corrected chi connectivity index (χ3v) is 10.1. The minimum absolute atomic E-state index is 0.702. The quantitative estimate of drug-likeness (QED) is 0.160. The lowest BCUT2D eigenvalue weighted by Crippen LogP contribution is -2.25. The van der Waals surface area contributed by atoms with Crippen LogP contribution in [0.3, 0.4) is 0 Å². The van der Waals surface area contributed by atoms with Crippen LogP contribution in [0.5, 0.6) is 0 Å². The van der Waals surface area contributed by atoms with Crippen LogP contribution in [0.2, 0.25) is 0 Å². The number of hydrogen-bond acceptors (Lipinski definition) is 1. The maximum absolute atomic E-state index is 3.90. The molecule has 8 aromatic rings. The number of anilines is 3. The van der Waals surface area contributed by atoms with E-state index in [0.29, 0.717) is 0 Å². The summed E-state index contributed by atoms with van der Waals surface area (Å²) in [4.78, 5) is 2.33. The molecule has 0 saturated carbocycles. The van der Waals surface area contributed by atoms with Crippen molar-refractivity contribution >= 4 is 17.1 Å². The molecule has 0 amide bonds. The molecule has 8 aromatic carbocycles. The molecule has 1 aliphatic carbocycles. The van der Waals surface area contributed by atoms with Gasteiger partial charge in [-0.1, -0.05) is 176 Å². The lowest BCUT2D eigenvalue weighted by Gasteiger charge is -2.30. The van der Waals surface area contributed by atoms with Crippen LogP contribution < -0.4 is 4.90 Å². The summed E-state index contributed by atoms with van der Waals surface area (Å²) >= 11 is 0. The molecule has 0 spiro atoms. The molecule has 0 radical (unpaired) electrons. The molecule has 52 heavy (non-hydrogen) atoms. The first-order valence-corrected chi connectivity index (χ1v) is 17.8. The second kappa shape index (κ2) is 13.4. The molecule has 1 nitrogen and oxygen atoms in total. The lowest BCUT2D eigenvalue weighted by molar-refractivity contribution is 0.837. The Labute approximate surface area is 306 Å². The molecule has 0 aliphatic heterocycles. The van der Waals surface area contributed by atoms with Gasteiger partial charge in [-0.2, -0.15) is 0 Å². The third-order valence-electron chi connectivity index (χ3n) is 10.1. The predicted octanol–water partition coefficient (Wildman–Crippen LogP) is 12.9. The zero-order chi connectivity index (χ0) is 34.7. The molecule has 0 heterocycles. The molecular weight excluding hydrogens is 627 g/mol. The van der Waals surface area contributed by atoms with Crippen molar-refractivity contribution in [3.63, 3.8) is 0 Å². The first-order chi connectivity index (χ1) is 25.8. The SMILES string of the molecule is C(#CC1(c2ccc(-c3ccc(-c4ccccc4)cc3)cc2)c2ccccc2-c2ccc(N(c3ccccc3)c3ccccc3)cc21)c1ccccc1. The van der Waals surface area contributed by atoms with E-state index in [4.69, 9.17) is 0 Å². The predicted molar refractivity (Wildman–Crippen MR) is 217 cm³/mol. The monoisotopic (exact) mass is 661 g/mol. The highest BCUT2D eigenvalue weighted by Gasteiger charge is 2.44. The number of para-hydroxylation sites is 2. The van der Waals surface area contributed by atoms with Gasteiger partial charge in [0.05, 0.1) is 0 Å². The number of nitrogens with zero attached hydrogens (tertiary/aromatic N) is 1. The van der Waals surface area contributed by atoms with Crippen molar-refractivity contribution in [2.24, 2.45) is 0 Å². The molecule has 0 fully saturated rings. The zero-order valence-electron chi connectivity index (χ0n) is 28.7. The van der Waals surface area contributed by atoms with Crippen LogP contribution in [0.1, 0.15) is 22.3 Å². The number of fused-ring (bicyclic) bond motifs is 3. The van der Waals surface area contributed by atoms with Crippen molar-refractivity contribution in [3.05, 3.63) is 235 Å². The molecule has 1 atom stereocenters. The molecule has 1 heteroatoms. The molecule has 9 rings (SSSR count). The topological polar surface area (TPSA) is 3.24 Å². The van der Waals surface area contributed by atoms with Gasteiger partial charge < -0.3 is 4.90 Å². The van der Waals surface area contributed by atoms with E-state index >= 15 is 0 Å². The Morgan fingerprint density at radius 2 is 0.808 bits per heavy atom. The van der Waals surface area contributed by atoms with Crippen molar-refractivity contribution in [3.8, 4) is 45.2 Å². The van der Waals surface area contributed by atoms with Crippen LogP contribution in [-0.4, -0.2) is 0 Å². The molecule has 0 aromatic heterocycles. The Hall–Kier alpha value is -6.88. The van der Waals surface area contributed by atoms with E-state index < -0.39 is 5.41 Å².